The highest BCUT2D eigenvalue weighted by Gasteiger charge is 2.37. The summed E-state index contributed by atoms with van der Waals surface area (Å²) >= 11 is 0. The molecule has 3 aromatic rings. The molecule has 14 heteroatoms. The first-order chi connectivity index (χ1) is 18.7. The highest BCUT2D eigenvalue weighted by molar-refractivity contribution is 7.93. The lowest BCUT2D eigenvalue weighted by molar-refractivity contribution is -0.0941. The van der Waals surface area contributed by atoms with Crippen molar-refractivity contribution in [2.24, 2.45) is 0 Å². The zero-order chi connectivity index (χ0) is 28.2. The van der Waals surface area contributed by atoms with E-state index in [1.165, 1.54) is 25.7 Å². The molecule has 13 nitrogen and oxygen atoms in total. The molecular formula is C25H34N6O7S. The Morgan fingerprint density at radius 2 is 1.72 bits per heavy atom. The smallest absolute Gasteiger partial charge is 0.243 e. The summed E-state index contributed by atoms with van der Waals surface area (Å²) in [5, 5.41) is 7.37. The van der Waals surface area contributed by atoms with Crippen LogP contribution in [-0.4, -0.2) is 78.5 Å². The van der Waals surface area contributed by atoms with Gasteiger partial charge in [-0.3, -0.25) is 9.29 Å². The van der Waals surface area contributed by atoms with Crippen molar-refractivity contribution in [3.05, 3.63) is 47.8 Å². The van der Waals surface area contributed by atoms with Crippen LogP contribution in [0.1, 0.15) is 50.2 Å². The van der Waals surface area contributed by atoms with Crippen molar-refractivity contribution in [3.63, 3.8) is 0 Å². The first kappa shape index (κ1) is 28.7. The zero-order valence-electron chi connectivity index (χ0n) is 22.8. The van der Waals surface area contributed by atoms with Gasteiger partial charge in [-0.15, -0.1) is 10.2 Å². The molecular weight excluding hydrogens is 528 g/mol. The van der Waals surface area contributed by atoms with E-state index < -0.39 is 27.5 Å². The Labute approximate surface area is 227 Å². The molecule has 1 aromatic carbocycles. The van der Waals surface area contributed by atoms with Crippen LogP contribution in [0.3, 0.4) is 0 Å². The summed E-state index contributed by atoms with van der Waals surface area (Å²) in [6.07, 6.45) is 1.41. The summed E-state index contributed by atoms with van der Waals surface area (Å²) in [7, 11) is -1.13. The monoisotopic (exact) mass is 562 g/mol. The molecule has 1 fully saturated rings. The lowest BCUT2D eigenvalue weighted by Crippen LogP contribution is -2.35. The summed E-state index contributed by atoms with van der Waals surface area (Å²) in [5.41, 5.74) is 1.25. The lowest BCUT2D eigenvalue weighted by atomic mass is 10.2. The molecule has 4 rings (SSSR count). The van der Waals surface area contributed by atoms with Gasteiger partial charge in [0, 0.05) is 12.4 Å². The third-order valence-electron chi connectivity index (χ3n) is 6.04. The largest absolute Gasteiger partial charge is 0.494 e. The van der Waals surface area contributed by atoms with Gasteiger partial charge in [0.05, 0.1) is 40.1 Å². The highest BCUT2D eigenvalue weighted by atomic mass is 32.2. The molecule has 0 radical (unpaired) electrons. The predicted octanol–water partition coefficient (Wildman–Crippen LogP) is 2.77. The maximum absolute atomic E-state index is 13.8. The minimum Gasteiger partial charge on any atom is -0.494 e. The van der Waals surface area contributed by atoms with Crippen LogP contribution in [0, 0.1) is 6.92 Å². The summed E-state index contributed by atoms with van der Waals surface area (Å²) < 4.78 is 60.3. The number of rotatable bonds is 11. The van der Waals surface area contributed by atoms with Crippen LogP contribution in [0.4, 0.5) is 5.95 Å². The second-order valence-corrected chi connectivity index (χ2v) is 11.3. The number of anilines is 1. The number of sulfonamides is 1. The van der Waals surface area contributed by atoms with Gasteiger partial charge in [-0.05, 0) is 45.4 Å². The fourth-order valence-electron chi connectivity index (χ4n) is 4.09. The maximum atomic E-state index is 13.8. The fourth-order valence-corrected chi connectivity index (χ4v) is 5.17. The summed E-state index contributed by atoms with van der Waals surface area (Å²) in [6.45, 7) is 8.02. The molecule has 1 aliphatic heterocycles. The van der Waals surface area contributed by atoms with Crippen molar-refractivity contribution >= 4 is 16.0 Å². The van der Waals surface area contributed by atoms with Crippen molar-refractivity contribution in [1.82, 2.24) is 24.7 Å². The topological polar surface area (TPSA) is 149 Å². The van der Waals surface area contributed by atoms with E-state index in [0.29, 0.717) is 36.2 Å². The van der Waals surface area contributed by atoms with Crippen molar-refractivity contribution in [2.45, 2.75) is 51.3 Å². The van der Waals surface area contributed by atoms with Gasteiger partial charge < -0.3 is 23.7 Å². The first-order valence-corrected chi connectivity index (χ1v) is 14.0. The van der Waals surface area contributed by atoms with Crippen molar-refractivity contribution in [2.75, 3.05) is 38.8 Å². The molecule has 39 heavy (non-hydrogen) atoms. The number of ether oxygens (including phenoxy) is 5. The number of nitrogens with one attached hydrogen (secondary N) is 1. The number of hydrogen-bond acceptors (Lipinski definition) is 11. The Kier molecular flexibility index (Phi) is 9.00. The average Bonchev–Trinajstić information content (AvgIpc) is 3.33. The van der Waals surface area contributed by atoms with Crippen molar-refractivity contribution in [3.8, 4) is 17.2 Å². The van der Waals surface area contributed by atoms with Crippen LogP contribution in [0.2, 0.25) is 0 Å². The number of aryl methyl sites for hydroxylation is 1. The minimum absolute atomic E-state index is 0.0815. The highest BCUT2D eigenvalue weighted by Crippen LogP contribution is 2.38. The molecule has 0 spiro atoms. The van der Waals surface area contributed by atoms with Gasteiger partial charge in [0.2, 0.25) is 16.0 Å². The van der Waals surface area contributed by atoms with E-state index in [-0.39, 0.29) is 24.5 Å². The van der Waals surface area contributed by atoms with Gasteiger partial charge in [0.25, 0.3) is 0 Å². The van der Waals surface area contributed by atoms with Gasteiger partial charge >= 0.3 is 0 Å². The molecule has 1 aliphatic rings. The molecule has 0 aliphatic carbocycles. The minimum atomic E-state index is -4.14. The Morgan fingerprint density at radius 1 is 1.05 bits per heavy atom. The molecule has 0 bridgehead atoms. The van der Waals surface area contributed by atoms with E-state index in [4.69, 9.17) is 23.7 Å². The Balaban J connectivity index is 1.79. The Bertz CT molecular complexity index is 1340. The van der Waals surface area contributed by atoms with Crippen LogP contribution in [0.5, 0.6) is 11.5 Å². The number of nitrogens with zero attached hydrogens (tertiary/aromatic N) is 5. The van der Waals surface area contributed by atoms with E-state index in [1.807, 2.05) is 20.8 Å². The molecule has 1 saturated heterocycles. The number of aromatic nitrogens is 5. The number of para-hydroxylation sites is 1. The van der Waals surface area contributed by atoms with Crippen LogP contribution in [0.25, 0.3) is 5.69 Å². The standard InChI is InChI=1S/C25H34N6O7S/c1-15(2)38-22(23-26-12-16(3)13-27-23)17(4)39(32,33)30-25-29-28-24(20-14-36-10-11-37-20)31(25)21-18(34-5)8-7-9-19(21)35-6/h7-9,12-13,15,17,20,22H,10-11,14H2,1-6H3,(H,29,30)/t17?,20-,22?/m0/s1. The molecule has 212 valence electrons. The summed E-state index contributed by atoms with van der Waals surface area (Å²) in [5.74, 6) is 1.32. The number of benzene rings is 1. The SMILES string of the molecule is COc1cccc(OC)c1-n1c(NS(=O)(=O)C(C)C(OC(C)C)c2ncc(C)cn2)nnc1[C@@H]1COCCO1. The van der Waals surface area contributed by atoms with Crippen molar-refractivity contribution in [1.29, 1.82) is 0 Å². The average molecular weight is 563 g/mol. The maximum Gasteiger partial charge on any atom is 0.243 e. The van der Waals surface area contributed by atoms with Gasteiger partial charge in [-0.25, -0.2) is 18.4 Å². The molecule has 0 saturated carbocycles. The quantitative estimate of drug-likeness (QED) is 0.368. The van der Waals surface area contributed by atoms with E-state index in [2.05, 4.69) is 24.9 Å². The van der Waals surface area contributed by atoms with E-state index in [0.717, 1.165) is 5.56 Å². The molecule has 0 amide bonds. The van der Waals surface area contributed by atoms with Crippen molar-refractivity contribution < 1.29 is 32.1 Å². The van der Waals surface area contributed by atoms with Gasteiger partial charge in [-0.2, -0.15) is 0 Å². The van der Waals surface area contributed by atoms with Gasteiger partial charge in [0.15, 0.2) is 11.6 Å². The van der Waals surface area contributed by atoms with Gasteiger partial charge in [-0.1, -0.05) is 6.07 Å². The van der Waals surface area contributed by atoms with Crippen LogP contribution in [0.15, 0.2) is 30.6 Å². The van der Waals surface area contributed by atoms with E-state index in [9.17, 15) is 8.42 Å². The fraction of sp³-hybridized carbons (Fsp3) is 0.520. The van der Waals surface area contributed by atoms with Crippen LogP contribution in [-0.2, 0) is 24.2 Å². The lowest BCUT2D eigenvalue weighted by Gasteiger charge is -2.26. The second-order valence-electron chi connectivity index (χ2n) is 9.24. The summed E-state index contributed by atoms with van der Waals surface area (Å²) in [6, 6.07) is 5.21. The third-order valence-corrected chi connectivity index (χ3v) is 7.73. The number of hydrogen-bond donors (Lipinski definition) is 1. The van der Waals surface area contributed by atoms with E-state index in [1.54, 1.807) is 30.6 Å². The van der Waals surface area contributed by atoms with E-state index >= 15 is 0 Å². The van der Waals surface area contributed by atoms with Crippen LogP contribution >= 0.6 is 0 Å². The Morgan fingerprint density at radius 3 is 2.28 bits per heavy atom. The van der Waals surface area contributed by atoms with Crippen LogP contribution < -0.4 is 14.2 Å². The first-order valence-electron chi connectivity index (χ1n) is 12.5. The molecule has 2 aromatic heterocycles. The zero-order valence-corrected chi connectivity index (χ0v) is 23.6. The van der Waals surface area contributed by atoms with Gasteiger partial charge in [0.1, 0.15) is 34.6 Å². The second kappa shape index (κ2) is 12.2. The normalized spacial score (nSPS) is 17.6. The number of methoxy groups -OCH3 is 2. The Hall–Kier alpha value is -3.33. The predicted molar refractivity (Wildman–Crippen MR) is 142 cm³/mol. The summed E-state index contributed by atoms with van der Waals surface area (Å²) in [4.78, 5) is 8.65. The third kappa shape index (κ3) is 6.30. The molecule has 3 heterocycles. The molecule has 3 atom stereocenters. The molecule has 2 unspecified atom stereocenters. The molecule has 1 N–H and O–H groups in total.